The Bertz CT molecular complexity index is 1040. The minimum Gasteiger partial charge on any atom is -0.351 e. The predicted molar refractivity (Wildman–Crippen MR) is 119 cm³/mol. The van der Waals surface area contributed by atoms with E-state index in [1.54, 1.807) is 4.90 Å². The maximum absolute atomic E-state index is 14.6. The number of nitrogens with one attached hydrogen (secondary N) is 1. The van der Waals surface area contributed by atoms with E-state index < -0.39 is 18.3 Å². The number of amides is 1. The molecule has 0 bridgehead atoms. The number of halogens is 3. The van der Waals surface area contributed by atoms with Crippen LogP contribution in [0.25, 0.3) is 10.9 Å². The molecule has 0 aliphatic carbocycles. The number of aromatic nitrogens is 1. The van der Waals surface area contributed by atoms with Crippen molar-refractivity contribution in [1.29, 1.82) is 0 Å². The molecule has 1 saturated heterocycles. The van der Waals surface area contributed by atoms with Crippen LogP contribution >= 0.6 is 0 Å². The highest BCUT2D eigenvalue weighted by molar-refractivity contribution is 5.98. The summed E-state index contributed by atoms with van der Waals surface area (Å²) in [5.74, 6) is -3.53. The van der Waals surface area contributed by atoms with Crippen LogP contribution < -0.4 is 0 Å². The van der Waals surface area contributed by atoms with Crippen molar-refractivity contribution >= 4 is 16.8 Å². The fourth-order valence-corrected chi connectivity index (χ4v) is 4.44. The first-order chi connectivity index (χ1) is 15.4. The van der Waals surface area contributed by atoms with Gasteiger partial charge < -0.3 is 9.88 Å². The average molecular weight is 444 g/mol. The van der Waals surface area contributed by atoms with Crippen LogP contribution in [0, 0.1) is 11.7 Å². The summed E-state index contributed by atoms with van der Waals surface area (Å²) in [4.78, 5) is 19.8. The molecule has 1 aliphatic heterocycles. The Kier molecular flexibility index (Phi) is 6.55. The molecule has 0 atom stereocenters. The first-order valence-electron chi connectivity index (χ1n) is 11.1. The van der Waals surface area contributed by atoms with E-state index in [4.69, 9.17) is 0 Å². The van der Waals surface area contributed by atoms with Gasteiger partial charge in [-0.15, -0.1) is 0 Å². The van der Waals surface area contributed by atoms with E-state index in [2.05, 4.69) is 4.98 Å². The Morgan fingerprint density at radius 1 is 1.12 bits per heavy atom. The van der Waals surface area contributed by atoms with Gasteiger partial charge >= 0.3 is 0 Å². The molecular formula is C25H28F3N3O. The third kappa shape index (κ3) is 4.99. The first-order valence-corrected chi connectivity index (χ1v) is 11.1. The van der Waals surface area contributed by atoms with Crippen LogP contribution in [0.1, 0.15) is 35.8 Å². The maximum atomic E-state index is 14.6. The molecule has 0 unspecified atom stereocenters. The van der Waals surface area contributed by atoms with Gasteiger partial charge in [0.2, 0.25) is 0 Å². The van der Waals surface area contributed by atoms with Gasteiger partial charge in [-0.3, -0.25) is 9.69 Å². The number of H-pyrrole nitrogens is 1. The van der Waals surface area contributed by atoms with Gasteiger partial charge in [-0.25, -0.2) is 4.39 Å². The predicted octanol–water partition coefficient (Wildman–Crippen LogP) is 5.27. The van der Waals surface area contributed by atoms with Crippen LogP contribution in [0.4, 0.5) is 13.2 Å². The van der Waals surface area contributed by atoms with E-state index >= 15 is 0 Å². The molecule has 0 spiro atoms. The van der Waals surface area contributed by atoms with E-state index in [9.17, 15) is 18.0 Å². The van der Waals surface area contributed by atoms with Gasteiger partial charge in [-0.2, -0.15) is 8.78 Å². The molecule has 2 heterocycles. The fraction of sp³-hybridized carbons (Fsp3) is 0.400. The van der Waals surface area contributed by atoms with Crippen molar-refractivity contribution in [3.8, 4) is 0 Å². The van der Waals surface area contributed by atoms with Crippen LogP contribution in [0.3, 0.4) is 0 Å². The minimum atomic E-state index is -3.10. The summed E-state index contributed by atoms with van der Waals surface area (Å²) in [6.07, 6.45) is 1.49. The number of para-hydroxylation sites is 1. The Balaban J connectivity index is 1.33. The third-order valence-electron chi connectivity index (χ3n) is 6.28. The van der Waals surface area contributed by atoms with Crippen molar-refractivity contribution in [3.63, 3.8) is 0 Å². The highest BCUT2D eigenvalue weighted by Crippen LogP contribution is 2.31. The molecule has 3 aromatic rings. The van der Waals surface area contributed by atoms with E-state index in [0.29, 0.717) is 31.9 Å². The fourth-order valence-electron chi connectivity index (χ4n) is 4.44. The molecular weight excluding hydrogens is 415 g/mol. The van der Waals surface area contributed by atoms with E-state index in [1.807, 2.05) is 42.2 Å². The van der Waals surface area contributed by atoms with Crippen molar-refractivity contribution < 1.29 is 18.0 Å². The van der Waals surface area contributed by atoms with Crippen molar-refractivity contribution in [1.82, 2.24) is 14.8 Å². The first kappa shape index (κ1) is 22.4. The van der Waals surface area contributed by atoms with Crippen molar-refractivity contribution in [3.05, 3.63) is 71.7 Å². The molecule has 1 fully saturated rings. The van der Waals surface area contributed by atoms with Gasteiger partial charge in [0.1, 0.15) is 11.5 Å². The summed E-state index contributed by atoms with van der Waals surface area (Å²) in [6.45, 7) is 3.80. The number of likely N-dealkylation sites (tertiary alicyclic amines) is 1. The molecule has 32 heavy (non-hydrogen) atoms. The van der Waals surface area contributed by atoms with Crippen LogP contribution in [-0.2, 0) is 5.92 Å². The van der Waals surface area contributed by atoms with E-state index in [-0.39, 0.29) is 17.4 Å². The lowest BCUT2D eigenvalue weighted by molar-refractivity contribution is -0.0453. The second-order valence-electron chi connectivity index (χ2n) is 8.55. The van der Waals surface area contributed by atoms with Crippen LogP contribution in [0.2, 0.25) is 0 Å². The Morgan fingerprint density at radius 3 is 2.56 bits per heavy atom. The Labute approximate surface area is 186 Å². The Morgan fingerprint density at radius 2 is 1.88 bits per heavy atom. The zero-order chi connectivity index (χ0) is 22.7. The smallest absolute Gasteiger partial charge is 0.285 e. The number of piperidine rings is 1. The second kappa shape index (κ2) is 9.36. The van der Waals surface area contributed by atoms with E-state index in [0.717, 1.165) is 29.8 Å². The van der Waals surface area contributed by atoms with Gasteiger partial charge in [0.15, 0.2) is 0 Å². The summed E-state index contributed by atoms with van der Waals surface area (Å²) < 4.78 is 42.5. The van der Waals surface area contributed by atoms with Gasteiger partial charge in [-0.1, -0.05) is 30.3 Å². The lowest BCUT2D eigenvalue weighted by Gasteiger charge is -2.36. The Hall–Kier alpha value is -2.80. The summed E-state index contributed by atoms with van der Waals surface area (Å²) in [7, 11) is 0. The lowest BCUT2D eigenvalue weighted by atomic mass is 9.95. The monoisotopic (exact) mass is 443 g/mol. The van der Waals surface area contributed by atoms with Crippen molar-refractivity contribution in [2.75, 3.05) is 32.7 Å². The summed E-state index contributed by atoms with van der Waals surface area (Å²) in [5, 5.41) is 0.999. The maximum Gasteiger partial charge on any atom is 0.285 e. The van der Waals surface area contributed by atoms with Crippen LogP contribution in [-0.4, -0.2) is 53.4 Å². The minimum absolute atomic E-state index is 0.0382. The SMILES string of the molecule is CCN(CC1CCN(CC(F)(F)c2cccc(F)c2)CC1)C(=O)c1cc2ccccc2[nH]1. The zero-order valence-corrected chi connectivity index (χ0v) is 18.2. The number of hydrogen-bond donors (Lipinski definition) is 1. The number of hydrogen-bond acceptors (Lipinski definition) is 2. The van der Waals surface area contributed by atoms with Crippen LogP contribution in [0.5, 0.6) is 0 Å². The van der Waals surface area contributed by atoms with Crippen molar-refractivity contribution in [2.24, 2.45) is 5.92 Å². The molecule has 1 aliphatic rings. The molecule has 4 rings (SSSR count). The number of aromatic amines is 1. The third-order valence-corrected chi connectivity index (χ3v) is 6.28. The summed E-state index contributed by atoms with van der Waals surface area (Å²) >= 11 is 0. The quantitative estimate of drug-likeness (QED) is 0.540. The topological polar surface area (TPSA) is 39.3 Å². The van der Waals surface area contributed by atoms with Gasteiger partial charge in [0.25, 0.3) is 11.8 Å². The summed E-state index contributed by atoms with van der Waals surface area (Å²) in [5.41, 5.74) is 1.21. The second-order valence-corrected chi connectivity index (χ2v) is 8.55. The van der Waals surface area contributed by atoms with Gasteiger partial charge in [0, 0.05) is 29.6 Å². The number of carbonyl (C=O) groups is 1. The van der Waals surface area contributed by atoms with Gasteiger partial charge in [-0.05, 0) is 63.0 Å². The number of fused-ring (bicyclic) bond motifs is 1. The zero-order valence-electron chi connectivity index (χ0n) is 18.2. The largest absolute Gasteiger partial charge is 0.351 e. The molecule has 1 N–H and O–H groups in total. The molecule has 1 amide bonds. The number of alkyl halides is 2. The van der Waals surface area contributed by atoms with Gasteiger partial charge in [0.05, 0.1) is 6.54 Å². The molecule has 170 valence electrons. The molecule has 0 radical (unpaired) electrons. The standard InChI is InChI=1S/C25H28F3N3O/c1-2-31(24(32)23-14-19-6-3-4-9-22(19)29-23)16-18-10-12-30(13-11-18)17-25(27,28)20-7-5-8-21(26)15-20/h3-9,14-15,18,29H,2,10-13,16-17H2,1H3. The highest BCUT2D eigenvalue weighted by atomic mass is 19.3. The van der Waals surface area contributed by atoms with Crippen LogP contribution in [0.15, 0.2) is 54.6 Å². The molecule has 2 aromatic carbocycles. The normalized spacial score (nSPS) is 15.9. The highest BCUT2D eigenvalue weighted by Gasteiger charge is 2.36. The number of nitrogens with zero attached hydrogens (tertiary/aromatic N) is 2. The number of rotatable bonds is 7. The lowest BCUT2D eigenvalue weighted by Crippen LogP contribution is -2.44. The van der Waals surface area contributed by atoms with Crippen molar-refractivity contribution in [2.45, 2.75) is 25.7 Å². The van der Waals surface area contributed by atoms with E-state index in [1.165, 1.54) is 18.2 Å². The molecule has 1 aromatic heterocycles. The number of carbonyl (C=O) groups excluding carboxylic acids is 1. The number of benzene rings is 2. The molecule has 7 heteroatoms. The molecule has 4 nitrogen and oxygen atoms in total. The summed E-state index contributed by atoms with van der Waals surface area (Å²) in [6, 6.07) is 14.3. The molecule has 0 saturated carbocycles. The average Bonchev–Trinajstić information content (AvgIpc) is 3.22.